The molecule has 0 N–H and O–H groups in total. The Morgan fingerprint density at radius 2 is 0.444 bits per heavy atom. The molecule has 0 aliphatic rings. The van der Waals surface area contributed by atoms with E-state index in [-0.39, 0.29) is 31.1 Å². The van der Waals surface area contributed by atoms with Crippen LogP contribution in [0.5, 0.6) is 0 Å². The summed E-state index contributed by atoms with van der Waals surface area (Å²) in [6.07, 6.45) is 100. The summed E-state index contributed by atoms with van der Waals surface area (Å²) in [4.78, 5) is 38.3. The lowest BCUT2D eigenvalue weighted by Gasteiger charge is -2.18. The van der Waals surface area contributed by atoms with Crippen LogP contribution in [0.1, 0.15) is 252 Å². The van der Waals surface area contributed by atoms with Gasteiger partial charge in [0.05, 0.1) is 0 Å². The van der Waals surface area contributed by atoms with Crippen molar-refractivity contribution in [3.8, 4) is 0 Å². The monoisotopic (exact) mass is 1110 g/mol. The number of carbonyl (C=O) groups is 3. The van der Waals surface area contributed by atoms with E-state index in [1.165, 1.54) is 32.1 Å². The average Bonchev–Trinajstić information content (AvgIpc) is 3.46. The summed E-state index contributed by atoms with van der Waals surface area (Å²) in [6.45, 7) is 6.23. The minimum Gasteiger partial charge on any atom is -0.462 e. The van der Waals surface area contributed by atoms with Gasteiger partial charge in [0.2, 0.25) is 0 Å². The van der Waals surface area contributed by atoms with Crippen LogP contribution < -0.4 is 0 Å². The molecule has 6 nitrogen and oxygen atoms in total. The van der Waals surface area contributed by atoms with Crippen molar-refractivity contribution in [2.24, 2.45) is 0 Å². The largest absolute Gasteiger partial charge is 0.462 e. The molecule has 0 aromatic heterocycles. The van der Waals surface area contributed by atoms with Gasteiger partial charge >= 0.3 is 17.9 Å². The average molecular weight is 1110 g/mol. The summed E-state index contributed by atoms with van der Waals surface area (Å²) < 4.78 is 16.9. The van der Waals surface area contributed by atoms with Crippen LogP contribution in [0.25, 0.3) is 0 Å². The summed E-state index contributed by atoms with van der Waals surface area (Å²) in [5, 5.41) is 0. The second kappa shape index (κ2) is 67.0. The van der Waals surface area contributed by atoms with Gasteiger partial charge in [0.1, 0.15) is 13.2 Å². The molecule has 0 bridgehead atoms. The van der Waals surface area contributed by atoms with Crippen molar-refractivity contribution in [1.29, 1.82) is 0 Å². The zero-order chi connectivity index (χ0) is 58.5. The maximum Gasteiger partial charge on any atom is 0.306 e. The van der Waals surface area contributed by atoms with Crippen molar-refractivity contribution < 1.29 is 28.6 Å². The molecule has 0 aliphatic carbocycles. The van der Waals surface area contributed by atoms with Crippen LogP contribution in [0.3, 0.4) is 0 Å². The summed E-state index contributed by atoms with van der Waals surface area (Å²) in [6, 6.07) is 0. The lowest BCUT2D eigenvalue weighted by molar-refractivity contribution is -0.167. The van der Waals surface area contributed by atoms with E-state index in [1.54, 1.807) is 0 Å². The van der Waals surface area contributed by atoms with E-state index in [2.05, 4.69) is 203 Å². The van der Waals surface area contributed by atoms with Gasteiger partial charge in [0, 0.05) is 19.3 Å². The van der Waals surface area contributed by atoms with E-state index >= 15 is 0 Å². The molecule has 0 aromatic rings. The Balaban J connectivity index is 4.45. The molecule has 0 radical (unpaired) electrons. The number of allylic oxidation sites excluding steroid dienone is 30. The van der Waals surface area contributed by atoms with Crippen LogP contribution in [-0.4, -0.2) is 37.2 Å². The van der Waals surface area contributed by atoms with Crippen LogP contribution in [0.4, 0.5) is 0 Å². The predicted molar refractivity (Wildman–Crippen MR) is 352 cm³/mol. The molecule has 0 spiro atoms. The predicted octanol–water partition coefficient (Wildman–Crippen LogP) is 22.4. The number of hydrogen-bond donors (Lipinski definition) is 0. The number of ether oxygens (including phenoxy) is 3. The molecule has 6 heteroatoms. The van der Waals surface area contributed by atoms with Gasteiger partial charge in [0.15, 0.2) is 6.10 Å². The molecule has 0 saturated heterocycles. The summed E-state index contributed by atoms with van der Waals surface area (Å²) in [5.41, 5.74) is 0. The second-order valence-electron chi connectivity index (χ2n) is 20.5. The third-order valence-corrected chi connectivity index (χ3v) is 12.9. The number of carbonyl (C=O) groups excluding carboxylic acids is 3. The van der Waals surface area contributed by atoms with Gasteiger partial charge in [-0.15, -0.1) is 0 Å². The van der Waals surface area contributed by atoms with Gasteiger partial charge < -0.3 is 14.2 Å². The van der Waals surface area contributed by atoms with E-state index in [9.17, 15) is 14.4 Å². The van der Waals surface area contributed by atoms with Crippen LogP contribution in [0, 0.1) is 0 Å². The Labute approximate surface area is 497 Å². The van der Waals surface area contributed by atoms with Crippen molar-refractivity contribution in [1.82, 2.24) is 0 Å². The van der Waals surface area contributed by atoms with Crippen molar-refractivity contribution in [2.75, 3.05) is 13.2 Å². The molecule has 0 heterocycles. The fourth-order valence-corrected chi connectivity index (χ4v) is 8.17. The summed E-state index contributed by atoms with van der Waals surface area (Å²) in [5.74, 6) is -0.981. The third-order valence-electron chi connectivity index (χ3n) is 12.9. The van der Waals surface area contributed by atoms with Gasteiger partial charge in [-0.05, 0) is 154 Å². The summed E-state index contributed by atoms with van der Waals surface area (Å²) in [7, 11) is 0. The molecule has 0 aliphatic heterocycles. The molecule has 0 fully saturated rings. The first-order valence-corrected chi connectivity index (χ1v) is 32.3. The number of unbranched alkanes of at least 4 members (excludes halogenated alkanes) is 15. The zero-order valence-electron chi connectivity index (χ0n) is 51.7. The highest BCUT2D eigenvalue weighted by Crippen LogP contribution is 2.14. The van der Waals surface area contributed by atoms with Crippen molar-refractivity contribution >= 4 is 17.9 Å². The number of rotatable bonds is 56. The van der Waals surface area contributed by atoms with Gasteiger partial charge in [-0.2, -0.15) is 0 Å². The van der Waals surface area contributed by atoms with Crippen molar-refractivity contribution in [3.05, 3.63) is 182 Å². The Kier molecular flexibility index (Phi) is 62.5. The zero-order valence-corrected chi connectivity index (χ0v) is 51.7. The first kappa shape index (κ1) is 75.5. The first-order valence-electron chi connectivity index (χ1n) is 32.3. The maximum atomic E-state index is 12.9. The van der Waals surface area contributed by atoms with Crippen molar-refractivity contribution in [3.63, 3.8) is 0 Å². The Morgan fingerprint density at radius 1 is 0.247 bits per heavy atom. The maximum absolute atomic E-state index is 12.9. The Hall–Kier alpha value is -5.49. The topological polar surface area (TPSA) is 78.9 Å². The molecular weight excluding hydrogens is 997 g/mol. The molecule has 81 heavy (non-hydrogen) atoms. The number of esters is 3. The van der Waals surface area contributed by atoms with E-state index in [0.717, 1.165) is 180 Å². The van der Waals surface area contributed by atoms with E-state index in [0.29, 0.717) is 19.3 Å². The van der Waals surface area contributed by atoms with E-state index in [1.807, 2.05) is 0 Å². The van der Waals surface area contributed by atoms with Crippen LogP contribution in [0.15, 0.2) is 182 Å². The normalized spacial score (nSPS) is 13.4. The van der Waals surface area contributed by atoms with E-state index in [4.69, 9.17) is 14.2 Å². The standard InChI is InChI=1S/C75H116O6/c1-4-7-10-13-16-19-22-25-27-29-31-33-34-35-36-37-38-39-40-42-43-45-47-50-53-56-59-62-65-68-74(77)80-71-72(70-79-73(76)67-64-61-58-55-52-49-24-21-18-15-12-9-6-3)81-75(78)69-66-63-60-57-54-51-48-46-44-41-32-30-28-26-23-20-17-14-11-8-5-2/h7-12,16-21,25-28,31-33,35-36,38-39,41-43,47,49-50,52,72H,4-6,13-15,22-24,29-30,34,37,40,44-46,48,51,53-71H2,1-3H3/b10-7-,11-8-,12-9-,19-16-,20-17-,21-18-,27-25-,28-26-,33-31-,36-35-,39-38-,41-32-,43-42-,50-47-,52-49-. The minimum absolute atomic E-state index is 0.113. The molecule has 1 unspecified atom stereocenters. The smallest absolute Gasteiger partial charge is 0.306 e. The van der Waals surface area contributed by atoms with Gasteiger partial charge in [-0.1, -0.05) is 261 Å². The SMILES string of the molecule is CC/C=C\C/C=C\C/C=C\C/C=C\C/C=C\C/C=C\C/C=C\C/C=C\CCCCCCC(=O)OCC(COC(=O)CCCCC/C=C\C/C=C\C/C=C\CC)OC(=O)CCCCCCCCCC/C=C\C/C=C\C/C=C\C/C=C\CC. The lowest BCUT2D eigenvalue weighted by atomic mass is 10.1. The fourth-order valence-electron chi connectivity index (χ4n) is 8.17. The molecule has 0 saturated carbocycles. The highest BCUT2D eigenvalue weighted by Gasteiger charge is 2.19. The van der Waals surface area contributed by atoms with Crippen LogP contribution in [-0.2, 0) is 28.6 Å². The quantitative estimate of drug-likeness (QED) is 0.0261. The van der Waals surface area contributed by atoms with Gasteiger partial charge in [-0.3, -0.25) is 14.4 Å². The molecule has 0 rings (SSSR count). The molecular formula is C75H116O6. The number of hydrogen-bond acceptors (Lipinski definition) is 6. The molecule has 0 amide bonds. The fraction of sp³-hybridized carbons (Fsp3) is 0.560. The Morgan fingerprint density at radius 3 is 0.704 bits per heavy atom. The van der Waals surface area contributed by atoms with Crippen molar-refractivity contribution in [2.45, 2.75) is 258 Å². The second-order valence-corrected chi connectivity index (χ2v) is 20.5. The molecule has 452 valence electrons. The molecule has 1 atom stereocenters. The molecule has 0 aromatic carbocycles. The summed E-state index contributed by atoms with van der Waals surface area (Å²) >= 11 is 0. The highest BCUT2D eigenvalue weighted by molar-refractivity contribution is 5.71. The highest BCUT2D eigenvalue weighted by atomic mass is 16.6. The van der Waals surface area contributed by atoms with Gasteiger partial charge in [-0.25, -0.2) is 0 Å². The van der Waals surface area contributed by atoms with E-state index < -0.39 is 6.10 Å². The lowest BCUT2D eigenvalue weighted by Crippen LogP contribution is -2.30. The van der Waals surface area contributed by atoms with Gasteiger partial charge in [0.25, 0.3) is 0 Å². The third kappa shape index (κ3) is 65.2. The first-order chi connectivity index (χ1) is 40.0. The van der Waals surface area contributed by atoms with Crippen LogP contribution >= 0.6 is 0 Å². The Bertz CT molecular complexity index is 1900. The van der Waals surface area contributed by atoms with Crippen LogP contribution in [0.2, 0.25) is 0 Å². The minimum atomic E-state index is -0.817.